The van der Waals surface area contributed by atoms with Gasteiger partial charge in [-0.25, -0.2) is 0 Å². The lowest BCUT2D eigenvalue weighted by molar-refractivity contribution is -0.141. The molecule has 0 aliphatic carbocycles. The molecular weight excluding hydrogens is 267 g/mol. The highest BCUT2D eigenvalue weighted by atomic mass is 35.5. The number of rotatable bonds is 3. The van der Waals surface area contributed by atoms with E-state index in [2.05, 4.69) is 4.98 Å². The predicted octanol–water partition coefficient (Wildman–Crippen LogP) is 3.33. The monoisotopic (exact) mass is 273 g/mol. The second-order valence-electron chi connectivity index (χ2n) is 3.10. The smallest absolute Gasteiger partial charge is 0.435 e. The molecule has 3 nitrogen and oxygen atoms in total. The van der Waals surface area contributed by atoms with E-state index in [1.165, 1.54) is 0 Å². The Hall–Kier alpha value is -0.820. The Labute approximate surface area is 98.2 Å². The standard InChI is InChI=1S/C8H7ClF3NO2S/c1-3(2)15-7-13-5(8(10,11)12)4(16-7)6(9)14/h3H,1-2H3. The third-order valence-corrected chi connectivity index (χ3v) is 2.64. The quantitative estimate of drug-likeness (QED) is 0.793. The van der Waals surface area contributed by atoms with Crippen LogP contribution in [0.1, 0.15) is 29.2 Å². The van der Waals surface area contributed by atoms with Crippen molar-refractivity contribution >= 4 is 28.2 Å². The Kier molecular flexibility index (Phi) is 3.80. The first-order valence-corrected chi connectivity index (χ1v) is 5.35. The molecule has 0 fully saturated rings. The maximum Gasteiger partial charge on any atom is 0.435 e. The average Bonchev–Trinajstić information content (AvgIpc) is 2.45. The number of carbonyl (C=O) groups is 1. The van der Waals surface area contributed by atoms with Crippen molar-refractivity contribution in [2.45, 2.75) is 26.1 Å². The molecule has 1 aromatic rings. The molecule has 0 unspecified atom stereocenters. The van der Waals surface area contributed by atoms with Crippen LogP contribution < -0.4 is 4.74 Å². The van der Waals surface area contributed by atoms with Gasteiger partial charge in [0.2, 0.25) is 0 Å². The van der Waals surface area contributed by atoms with Crippen molar-refractivity contribution in [1.82, 2.24) is 4.98 Å². The van der Waals surface area contributed by atoms with Crippen molar-refractivity contribution < 1.29 is 22.7 Å². The van der Waals surface area contributed by atoms with Crippen molar-refractivity contribution in [3.05, 3.63) is 10.6 Å². The Morgan fingerprint density at radius 2 is 2.06 bits per heavy atom. The summed E-state index contributed by atoms with van der Waals surface area (Å²) < 4.78 is 42.3. The highest BCUT2D eigenvalue weighted by molar-refractivity contribution is 7.17. The second kappa shape index (κ2) is 4.58. The molecule has 0 radical (unpaired) electrons. The van der Waals surface area contributed by atoms with Crippen LogP contribution in [0.3, 0.4) is 0 Å². The molecule has 1 rings (SSSR count). The van der Waals surface area contributed by atoms with Crippen molar-refractivity contribution in [3.8, 4) is 5.19 Å². The van der Waals surface area contributed by atoms with Crippen LogP contribution in [0.4, 0.5) is 13.2 Å². The van der Waals surface area contributed by atoms with E-state index in [1.807, 2.05) is 0 Å². The number of halogens is 4. The molecule has 0 aromatic carbocycles. The summed E-state index contributed by atoms with van der Waals surface area (Å²) in [5, 5.41) is -1.41. The molecule has 16 heavy (non-hydrogen) atoms. The summed E-state index contributed by atoms with van der Waals surface area (Å²) in [5.41, 5.74) is -1.30. The van der Waals surface area contributed by atoms with Crippen LogP contribution in [-0.2, 0) is 6.18 Å². The maximum absolute atomic E-state index is 12.4. The lowest BCUT2D eigenvalue weighted by atomic mass is 10.4. The van der Waals surface area contributed by atoms with Gasteiger partial charge in [0.1, 0.15) is 4.88 Å². The number of aromatic nitrogens is 1. The van der Waals surface area contributed by atoms with Gasteiger partial charge in [-0.1, -0.05) is 11.3 Å². The van der Waals surface area contributed by atoms with E-state index < -0.39 is 22.0 Å². The van der Waals surface area contributed by atoms with Gasteiger partial charge in [-0.3, -0.25) is 4.79 Å². The molecule has 8 heteroatoms. The van der Waals surface area contributed by atoms with Gasteiger partial charge in [0.05, 0.1) is 6.10 Å². The normalized spacial score (nSPS) is 11.9. The Balaban J connectivity index is 3.16. The molecule has 1 aromatic heterocycles. The number of hydrogen-bond acceptors (Lipinski definition) is 4. The first-order chi connectivity index (χ1) is 7.21. The van der Waals surface area contributed by atoms with Crippen LogP contribution in [-0.4, -0.2) is 16.3 Å². The highest BCUT2D eigenvalue weighted by Crippen LogP contribution is 2.37. The lowest BCUT2D eigenvalue weighted by Gasteiger charge is -2.04. The zero-order valence-electron chi connectivity index (χ0n) is 8.26. The van der Waals surface area contributed by atoms with Gasteiger partial charge in [-0.05, 0) is 25.4 Å². The van der Waals surface area contributed by atoms with E-state index in [4.69, 9.17) is 16.3 Å². The minimum atomic E-state index is -4.71. The Morgan fingerprint density at radius 1 is 1.50 bits per heavy atom. The summed E-state index contributed by atoms with van der Waals surface area (Å²) in [4.78, 5) is 13.4. The fourth-order valence-electron chi connectivity index (χ4n) is 0.878. The molecule has 0 amide bonds. The predicted molar refractivity (Wildman–Crippen MR) is 53.1 cm³/mol. The molecule has 0 N–H and O–H groups in total. The summed E-state index contributed by atoms with van der Waals surface area (Å²) in [6, 6.07) is 0. The maximum atomic E-state index is 12.4. The van der Waals surface area contributed by atoms with Crippen molar-refractivity contribution in [3.63, 3.8) is 0 Å². The number of nitrogens with zero attached hydrogens (tertiary/aromatic N) is 1. The van der Waals surface area contributed by atoms with Crippen LogP contribution >= 0.6 is 22.9 Å². The molecule has 0 bridgehead atoms. The summed E-state index contributed by atoms with van der Waals surface area (Å²) in [7, 11) is 0. The SMILES string of the molecule is CC(C)Oc1nc(C(F)(F)F)c(C(=O)Cl)s1. The zero-order valence-corrected chi connectivity index (χ0v) is 9.83. The third-order valence-electron chi connectivity index (χ3n) is 1.39. The molecule has 0 saturated heterocycles. The first kappa shape index (κ1) is 13.2. The number of alkyl halides is 3. The van der Waals surface area contributed by atoms with E-state index in [1.54, 1.807) is 13.8 Å². The van der Waals surface area contributed by atoms with E-state index in [0.29, 0.717) is 11.3 Å². The Morgan fingerprint density at radius 3 is 2.38 bits per heavy atom. The van der Waals surface area contributed by atoms with Crippen LogP contribution in [0.25, 0.3) is 0 Å². The molecule has 0 atom stereocenters. The van der Waals surface area contributed by atoms with Crippen LogP contribution in [0, 0.1) is 0 Å². The van der Waals surface area contributed by atoms with Gasteiger partial charge >= 0.3 is 6.18 Å². The van der Waals surface area contributed by atoms with Crippen molar-refractivity contribution in [2.24, 2.45) is 0 Å². The van der Waals surface area contributed by atoms with Gasteiger partial charge in [0.25, 0.3) is 10.4 Å². The molecular formula is C8H7ClF3NO2S. The molecule has 0 saturated carbocycles. The largest absolute Gasteiger partial charge is 0.467 e. The summed E-state index contributed by atoms with van der Waals surface area (Å²) in [6.45, 7) is 3.27. The van der Waals surface area contributed by atoms with Gasteiger partial charge in [-0.2, -0.15) is 18.2 Å². The fraction of sp³-hybridized carbons (Fsp3) is 0.500. The molecule has 0 aliphatic rings. The summed E-state index contributed by atoms with van der Waals surface area (Å²) in [6.07, 6.45) is -5.04. The summed E-state index contributed by atoms with van der Waals surface area (Å²) >= 11 is 5.53. The van der Waals surface area contributed by atoms with Crippen molar-refractivity contribution in [2.75, 3.05) is 0 Å². The van der Waals surface area contributed by atoms with Crippen LogP contribution in [0.2, 0.25) is 0 Å². The molecule has 0 aliphatic heterocycles. The number of ether oxygens (including phenoxy) is 1. The molecule has 1 heterocycles. The van der Waals surface area contributed by atoms with Gasteiger partial charge in [-0.15, -0.1) is 0 Å². The van der Waals surface area contributed by atoms with Gasteiger partial charge in [0.15, 0.2) is 5.69 Å². The Bertz CT molecular complexity index is 402. The lowest BCUT2D eigenvalue weighted by Crippen LogP contribution is -2.10. The van der Waals surface area contributed by atoms with E-state index in [-0.39, 0.29) is 11.3 Å². The first-order valence-electron chi connectivity index (χ1n) is 4.16. The number of carbonyl (C=O) groups excluding carboxylic acids is 1. The van der Waals surface area contributed by atoms with E-state index >= 15 is 0 Å². The van der Waals surface area contributed by atoms with Crippen LogP contribution in [0.15, 0.2) is 0 Å². The van der Waals surface area contributed by atoms with Crippen LogP contribution in [0.5, 0.6) is 5.19 Å². The van der Waals surface area contributed by atoms with E-state index in [0.717, 1.165) is 0 Å². The molecule has 90 valence electrons. The third kappa shape index (κ3) is 3.08. The zero-order chi connectivity index (χ0) is 12.5. The summed E-state index contributed by atoms with van der Waals surface area (Å²) in [5.74, 6) is 0. The number of thiazole rings is 1. The van der Waals surface area contributed by atoms with Crippen molar-refractivity contribution in [1.29, 1.82) is 0 Å². The van der Waals surface area contributed by atoms with Gasteiger partial charge < -0.3 is 4.74 Å². The minimum Gasteiger partial charge on any atom is -0.467 e. The number of hydrogen-bond donors (Lipinski definition) is 0. The fourth-order valence-corrected chi connectivity index (χ4v) is 1.97. The topological polar surface area (TPSA) is 39.2 Å². The second-order valence-corrected chi connectivity index (χ2v) is 4.40. The highest BCUT2D eigenvalue weighted by Gasteiger charge is 2.39. The van der Waals surface area contributed by atoms with Gasteiger partial charge in [0, 0.05) is 0 Å². The minimum absolute atomic E-state index is 0.216. The molecule has 0 spiro atoms. The van der Waals surface area contributed by atoms with E-state index in [9.17, 15) is 18.0 Å². The average molecular weight is 274 g/mol.